The Hall–Kier alpha value is -2.01. The van der Waals surface area contributed by atoms with E-state index in [9.17, 15) is 4.79 Å². The van der Waals surface area contributed by atoms with Gasteiger partial charge in [0.2, 0.25) is 0 Å². The number of ketones is 1. The molecule has 18 heavy (non-hydrogen) atoms. The summed E-state index contributed by atoms with van der Waals surface area (Å²) in [4.78, 5) is 13.7. The molecule has 5 heteroatoms. The first-order valence-electron chi connectivity index (χ1n) is 5.73. The summed E-state index contributed by atoms with van der Waals surface area (Å²) in [5.41, 5.74) is 2.58. The molecule has 0 aliphatic rings. The van der Waals surface area contributed by atoms with Crippen LogP contribution >= 0.6 is 0 Å². The fraction of sp³-hybridized carbons (Fsp3) is 0.308. The Balaban J connectivity index is 2.21. The fourth-order valence-electron chi connectivity index (χ4n) is 1.71. The zero-order valence-electron chi connectivity index (χ0n) is 10.8. The van der Waals surface area contributed by atoms with Gasteiger partial charge >= 0.3 is 0 Å². The van der Waals surface area contributed by atoms with Crippen LogP contribution in [0.3, 0.4) is 0 Å². The van der Waals surface area contributed by atoms with Gasteiger partial charge in [-0.2, -0.15) is 0 Å². The largest absolute Gasteiger partial charge is 0.302 e. The molecular weight excluding hydrogens is 228 g/mol. The van der Waals surface area contributed by atoms with Crippen LogP contribution in [-0.4, -0.2) is 46.3 Å². The van der Waals surface area contributed by atoms with Gasteiger partial charge in [-0.1, -0.05) is 5.21 Å². The van der Waals surface area contributed by atoms with Crippen molar-refractivity contribution in [2.75, 3.05) is 20.6 Å². The first-order chi connectivity index (χ1) is 8.58. The second kappa shape index (κ2) is 5.10. The lowest BCUT2D eigenvalue weighted by Crippen LogP contribution is -2.21. The number of aromatic nitrogens is 3. The van der Waals surface area contributed by atoms with E-state index in [0.717, 1.165) is 11.4 Å². The van der Waals surface area contributed by atoms with Crippen LogP contribution in [0.2, 0.25) is 0 Å². The van der Waals surface area contributed by atoms with Crippen LogP contribution < -0.4 is 0 Å². The number of carbonyl (C=O) groups is 1. The third kappa shape index (κ3) is 2.62. The SMILES string of the molecule is Cc1cnnn1-c1ccc(C(=O)CN(C)C)cc1. The summed E-state index contributed by atoms with van der Waals surface area (Å²) >= 11 is 0. The highest BCUT2D eigenvalue weighted by Crippen LogP contribution is 2.11. The van der Waals surface area contributed by atoms with Crippen LogP contribution in [0.5, 0.6) is 0 Å². The molecule has 5 nitrogen and oxygen atoms in total. The van der Waals surface area contributed by atoms with Gasteiger partial charge in [0.05, 0.1) is 24.1 Å². The Morgan fingerprint density at radius 2 is 1.94 bits per heavy atom. The summed E-state index contributed by atoms with van der Waals surface area (Å²) in [7, 11) is 3.76. The average molecular weight is 244 g/mol. The van der Waals surface area contributed by atoms with E-state index in [-0.39, 0.29) is 5.78 Å². The normalized spacial score (nSPS) is 10.9. The van der Waals surface area contributed by atoms with E-state index < -0.39 is 0 Å². The van der Waals surface area contributed by atoms with E-state index in [4.69, 9.17) is 0 Å². The summed E-state index contributed by atoms with van der Waals surface area (Å²) in [6.07, 6.45) is 1.70. The Kier molecular flexibility index (Phi) is 3.53. The Morgan fingerprint density at radius 1 is 1.28 bits per heavy atom. The lowest BCUT2D eigenvalue weighted by molar-refractivity contribution is 0.0958. The molecule has 0 aliphatic heterocycles. The standard InChI is InChI=1S/C13H16N4O/c1-10-8-14-15-17(10)12-6-4-11(5-7-12)13(18)9-16(2)3/h4-8H,9H2,1-3H3. The Bertz CT molecular complexity index is 542. The van der Waals surface area contributed by atoms with Crippen LogP contribution in [0, 0.1) is 6.92 Å². The number of rotatable bonds is 4. The van der Waals surface area contributed by atoms with Crippen LogP contribution in [0.4, 0.5) is 0 Å². The quantitative estimate of drug-likeness (QED) is 0.761. The number of carbonyl (C=O) groups excluding carboxylic acids is 1. The molecular formula is C13H16N4O. The molecule has 0 radical (unpaired) electrons. The van der Waals surface area contributed by atoms with Crippen molar-refractivity contribution >= 4 is 5.78 Å². The van der Waals surface area contributed by atoms with Gasteiger partial charge in [0, 0.05) is 5.56 Å². The second-order valence-electron chi connectivity index (χ2n) is 4.50. The molecule has 94 valence electrons. The smallest absolute Gasteiger partial charge is 0.176 e. The second-order valence-corrected chi connectivity index (χ2v) is 4.50. The molecule has 0 fully saturated rings. The van der Waals surface area contributed by atoms with E-state index in [1.807, 2.05) is 50.2 Å². The number of hydrogen-bond acceptors (Lipinski definition) is 4. The minimum absolute atomic E-state index is 0.113. The first kappa shape index (κ1) is 12.4. The third-order valence-electron chi connectivity index (χ3n) is 2.61. The van der Waals surface area contributed by atoms with Crippen molar-refractivity contribution in [3.63, 3.8) is 0 Å². The highest BCUT2D eigenvalue weighted by Gasteiger charge is 2.08. The molecule has 1 heterocycles. The fourth-order valence-corrected chi connectivity index (χ4v) is 1.71. The highest BCUT2D eigenvalue weighted by molar-refractivity contribution is 5.97. The number of nitrogens with zero attached hydrogens (tertiary/aromatic N) is 4. The van der Waals surface area contributed by atoms with Crippen LogP contribution in [-0.2, 0) is 0 Å². The molecule has 0 unspecified atom stereocenters. The van der Waals surface area contributed by atoms with Gasteiger partial charge in [0.15, 0.2) is 5.78 Å². The lowest BCUT2D eigenvalue weighted by Gasteiger charge is -2.09. The van der Waals surface area contributed by atoms with E-state index >= 15 is 0 Å². The summed E-state index contributed by atoms with van der Waals surface area (Å²) < 4.78 is 1.74. The molecule has 2 rings (SSSR count). The Labute approximate surface area is 106 Å². The molecule has 1 aromatic heterocycles. The van der Waals surface area contributed by atoms with E-state index in [2.05, 4.69) is 10.3 Å². The predicted octanol–water partition coefficient (Wildman–Crippen LogP) is 1.32. The maximum atomic E-state index is 11.8. The van der Waals surface area contributed by atoms with Crippen molar-refractivity contribution in [1.29, 1.82) is 0 Å². The molecule has 1 aromatic carbocycles. The number of aryl methyl sites for hydroxylation is 1. The van der Waals surface area contributed by atoms with Crippen molar-refractivity contribution in [2.24, 2.45) is 0 Å². The van der Waals surface area contributed by atoms with Crippen LogP contribution in [0.15, 0.2) is 30.5 Å². The minimum atomic E-state index is 0.113. The topological polar surface area (TPSA) is 51.0 Å². The van der Waals surface area contributed by atoms with Crippen molar-refractivity contribution in [3.8, 4) is 5.69 Å². The number of likely N-dealkylation sites (N-methyl/N-ethyl adjacent to an activating group) is 1. The molecule has 0 saturated heterocycles. The lowest BCUT2D eigenvalue weighted by atomic mass is 10.1. The van der Waals surface area contributed by atoms with Crippen LogP contribution in [0.1, 0.15) is 16.1 Å². The van der Waals surface area contributed by atoms with Gasteiger partial charge in [0.1, 0.15) is 0 Å². The van der Waals surface area contributed by atoms with Gasteiger partial charge in [-0.25, -0.2) is 4.68 Å². The van der Waals surface area contributed by atoms with E-state index in [1.54, 1.807) is 10.9 Å². The van der Waals surface area contributed by atoms with Crippen molar-refractivity contribution in [2.45, 2.75) is 6.92 Å². The molecule has 0 saturated carbocycles. The molecule has 0 aliphatic carbocycles. The molecule has 2 aromatic rings. The summed E-state index contributed by atoms with van der Waals surface area (Å²) in [6, 6.07) is 7.40. The summed E-state index contributed by atoms with van der Waals surface area (Å²) in [5.74, 6) is 0.113. The summed E-state index contributed by atoms with van der Waals surface area (Å²) in [5, 5.41) is 7.82. The van der Waals surface area contributed by atoms with Gasteiger partial charge in [-0.05, 0) is 45.3 Å². The van der Waals surface area contributed by atoms with Crippen molar-refractivity contribution in [1.82, 2.24) is 19.9 Å². The van der Waals surface area contributed by atoms with E-state index in [0.29, 0.717) is 12.1 Å². The number of benzene rings is 1. The van der Waals surface area contributed by atoms with Gasteiger partial charge in [-0.3, -0.25) is 4.79 Å². The number of Topliss-reactive ketones (excluding diaryl/α,β-unsaturated/α-hetero) is 1. The maximum absolute atomic E-state index is 11.8. The third-order valence-corrected chi connectivity index (χ3v) is 2.61. The average Bonchev–Trinajstić information content (AvgIpc) is 2.75. The summed E-state index contributed by atoms with van der Waals surface area (Å²) in [6.45, 7) is 2.35. The minimum Gasteiger partial charge on any atom is -0.302 e. The maximum Gasteiger partial charge on any atom is 0.176 e. The van der Waals surface area contributed by atoms with E-state index in [1.165, 1.54) is 0 Å². The van der Waals surface area contributed by atoms with Crippen molar-refractivity contribution < 1.29 is 4.79 Å². The zero-order valence-corrected chi connectivity index (χ0v) is 10.8. The predicted molar refractivity (Wildman–Crippen MR) is 69.0 cm³/mol. The Morgan fingerprint density at radius 3 is 2.44 bits per heavy atom. The molecule has 0 bridgehead atoms. The molecule has 0 atom stereocenters. The zero-order chi connectivity index (χ0) is 13.1. The van der Waals surface area contributed by atoms with Crippen LogP contribution in [0.25, 0.3) is 5.69 Å². The molecule has 0 N–H and O–H groups in total. The first-order valence-corrected chi connectivity index (χ1v) is 5.73. The molecule has 0 amide bonds. The molecule has 0 spiro atoms. The van der Waals surface area contributed by atoms with Gasteiger partial charge in [-0.15, -0.1) is 5.10 Å². The van der Waals surface area contributed by atoms with Gasteiger partial charge < -0.3 is 4.90 Å². The number of hydrogen-bond donors (Lipinski definition) is 0. The monoisotopic (exact) mass is 244 g/mol. The van der Waals surface area contributed by atoms with Crippen molar-refractivity contribution in [3.05, 3.63) is 41.7 Å². The van der Waals surface area contributed by atoms with Gasteiger partial charge in [0.25, 0.3) is 0 Å². The highest BCUT2D eigenvalue weighted by atomic mass is 16.1.